The lowest BCUT2D eigenvalue weighted by atomic mass is 9.78. The van der Waals surface area contributed by atoms with Gasteiger partial charge in [0.05, 0.1) is 5.92 Å². The number of hydrogen-bond acceptors (Lipinski definition) is 1. The minimum Gasteiger partial charge on any atom is -0.481 e. The third-order valence-electron chi connectivity index (χ3n) is 4.35. The van der Waals surface area contributed by atoms with Gasteiger partial charge in [-0.15, -0.1) is 0 Å². The van der Waals surface area contributed by atoms with E-state index in [1.807, 2.05) is 78.9 Å². The summed E-state index contributed by atoms with van der Waals surface area (Å²) >= 11 is 0. The highest BCUT2D eigenvalue weighted by Gasteiger charge is 2.31. The van der Waals surface area contributed by atoms with Gasteiger partial charge in [0.2, 0.25) is 0 Å². The third-order valence-corrected chi connectivity index (χ3v) is 4.35. The molecule has 0 radical (unpaired) electrons. The maximum absolute atomic E-state index is 12.1. The quantitative estimate of drug-likeness (QED) is 0.703. The van der Waals surface area contributed by atoms with Gasteiger partial charge in [-0.05, 0) is 23.1 Å². The molecule has 0 aliphatic carbocycles. The molecule has 0 aliphatic heterocycles. The van der Waals surface area contributed by atoms with Gasteiger partial charge in [-0.25, -0.2) is 0 Å². The average molecular weight is 316 g/mol. The predicted molar refractivity (Wildman–Crippen MR) is 96.1 cm³/mol. The van der Waals surface area contributed by atoms with Gasteiger partial charge in [-0.1, -0.05) is 91.0 Å². The van der Waals surface area contributed by atoms with Gasteiger partial charge < -0.3 is 5.11 Å². The number of carbonyl (C=O) groups is 1. The molecule has 0 saturated heterocycles. The second-order valence-corrected chi connectivity index (χ2v) is 5.93. The van der Waals surface area contributed by atoms with Crippen LogP contribution in [-0.2, 0) is 11.2 Å². The fourth-order valence-electron chi connectivity index (χ4n) is 3.20. The molecule has 2 nitrogen and oxygen atoms in total. The number of hydrogen-bond donors (Lipinski definition) is 1. The molecule has 0 aromatic heterocycles. The van der Waals surface area contributed by atoms with Crippen molar-refractivity contribution in [1.29, 1.82) is 0 Å². The lowest BCUT2D eigenvalue weighted by Crippen LogP contribution is -2.22. The standard InChI is InChI=1S/C22H20O2/c23-22(24)21(19-14-8-3-9-15-19)20(18-12-6-2-7-13-18)16-17-10-4-1-5-11-17/h1-15,20-21H,16H2,(H,23,24). The monoisotopic (exact) mass is 316 g/mol. The van der Waals surface area contributed by atoms with Crippen LogP contribution in [0.1, 0.15) is 28.5 Å². The Morgan fingerprint density at radius 2 is 1.17 bits per heavy atom. The van der Waals surface area contributed by atoms with Crippen molar-refractivity contribution in [2.75, 3.05) is 0 Å². The fraction of sp³-hybridized carbons (Fsp3) is 0.136. The van der Waals surface area contributed by atoms with Gasteiger partial charge in [0.1, 0.15) is 0 Å². The minimum atomic E-state index is -0.786. The van der Waals surface area contributed by atoms with Crippen molar-refractivity contribution < 1.29 is 9.90 Å². The SMILES string of the molecule is O=C(O)C(c1ccccc1)C(Cc1ccccc1)c1ccccc1. The van der Waals surface area contributed by atoms with Crippen LogP contribution in [0.4, 0.5) is 0 Å². The molecular formula is C22H20O2. The van der Waals surface area contributed by atoms with Crippen LogP contribution in [0.15, 0.2) is 91.0 Å². The molecule has 3 aromatic rings. The normalized spacial score (nSPS) is 13.2. The van der Waals surface area contributed by atoms with E-state index < -0.39 is 11.9 Å². The number of carboxylic acid groups (broad SMARTS) is 1. The number of benzene rings is 3. The molecule has 1 N–H and O–H groups in total. The summed E-state index contributed by atoms with van der Waals surface area (Å²) in [5.41, 5.74) is 3.04. The lowest BCUT2D eigenvalue weighted by Gasteiger charge is -2.25. The van der Waals surface area contributed by atoms with Crippen LogP contribution in [0.2, 0.25) is 0 Å². The Morgan fingerprint density at radius 3 is 1.67 bits per heavy atom. The summed E-state index contributed by atoms with van der Waals surface area (Å²) in [4.78, 5) is 12.1. The zero-order valence-electron chi connectivity index (χ0n) is 13.4. The zero-order valence-corrected chi connectivity index (χ0v) is 13.4. The lowest BCUT2D eigenvalue weighted by molar-refractivity contribution is -0.139. The summed E-state index contributed by atoms with van der Waals surface area (Å²) in [6.07, 6.45) is 0.691. The molecule has 0 saturated carbocycles. The summed E-state index contributed by atoms with van der Waals surface area (Å²) < 4.78 is 0. The molecule has 0 amide bonds. The molecule has 120 valence electrons. The molecule has 0 fully saturated rings. The topological polar surface area (TPSA) is 37.3 Å². The Morgan fingerprint density at radius 1 is 0.708 bits per heavy atom. The largest absolute Gasteiger partial charge is 0.481 e. The average Bonchev–Trinajstić information content (AvgIpc) is 2.63. The molecule has 0 aliphatic rings. The van der Waals surface area contributed by atoms with Crippen molar-refractivity contribution in [3.8, 4) is 0 Å². The molecular weight excluding hydrogens is 296 g/mol. The van der Waals surface area contributed by atoms with Gasteiger partial charge in [0.15, 0.2) is 0 Å². The summed E-state index contributed by atoms with van der Waals surface area (Å²) in [6, 6.07) is 29.5. The maximum Gasteiger partial charge on any atom is 0.311 e. The number of rotatable bonds is 6. The summed E-state index contributed by atoms with van der Waals surface area (Å²) in [7, 11) is 0. The Balaban J connectivity index is 2.03. The van der Waals surface area contributed by atoms with E-state index in [1.165, 1.54) is 0 Å². The van der Waals surface area contributed by atoms with E-state index in [9.17, 15) is 9.90 Å². The second kappa shape index (κ2) is 7.60. The van der Waals surface area contributed by atoms with Crippen LogP contribution >= 0.6 is 0 Å². The van der Waals surface area contributed by atoms with E-state index >= 15 is 0 Å². The first-order valence-corrected chi connectivity index (χ1v) is 8.12. The molecule has 24 heavy (non-hydrogen) atoms. The van der Waals surface area contributed by atoms with Crippen molar-refractivity contribution in [1.82, 2.24) is 0 Å². The van der Waals surface area contributed by atoms with Crippen LogP contribution in [0.3, 0.4) is 0 Å². The smallest absolute Gasteiger partial charge is 0.311 e. The van der Waals surface area contributed by atoms with E-state index in [4.69, 9.17) is 0 Å². The Labute approximate surface area is 142 Å². The highest BCUT2D eigenvalue weighted by molar-refractivity contribution is 5.77. The summed E-state index contributed by atoms with van der Waals surface area (Å²) in [6.45, 7) is 0. The fourth-order valence-corrected chi connectivity index (χ4v) is 3.20. The van der Waals surface area contributed by atoms with Gasteiger partial charge >= 0.3 is 5.97 Å². The highest BCUT2D eigenvalue weighted by Crippen LogP contribution is 2.36. The van der Waals surface area contributed by atoms with Crippen molar-refractivity contribution >= 4 is 5.97 Å². The maximum atomic E-state index is 12.1. The molecule has 2 atom stereocenters. The van der Waals surface area contributed by atoms with Gasteiger partial charge in [0.25, 0.3) is 0 Å². The zero-order chi connectivity index (χ0) is 16.8. The molecule has 0 bridgehead atoms. The van der Waals surface area contributed by atoms with Crippen molar-refractivity contribution in [2.24, 2.45) is 0 Å². The minimum absolute atomic E-state index is 0.117. The molecule has 3 rings (SSSR count). The first kappa shape index (κ1) is 16.0. The van der Waals surface area contributed by atoms with Crippen LogP contribution in [0, 0.1) is 0 Å². The van der Waals surface area contributed by atoms with Gasteiger partial charge in [0, 0.05) is 5.92 Å². The van der Waals surface area contributed by atoms with Crippen molar-refractivity contribution in [3.63, 3.8) is 0 Å². The van der Waals surface area contributed by atoms with E-state index in [2.05, 4.69) is 12.1 Å². The Hall–Kier alpha value is -2.87. The van der Waals surface area contributed by atoms with Crippen LogP contribution in [-0.4, -0.2) is 11.1 Å². The van der Waals surface area contributed by atoms with Crippen LogP contribution < -0.4 is 0 Å². The number of carboxylic acids is 1. The van der Waals surface area contributed by atoms with Gasteiger partial charge in [-0.3, -0.25) is 4.79 Å². The summed E-state index contributed by atoms with van der Waals surface area (Å²) in [5, 5.41) is 9.94. The van der Waals surface area contributed by atoms with Crippen LogP contribution in [0.5, 0.6) is 0 Å². The van der Waals surface area contributed by atoms with Gasteiger partial charge in [-0.2, -0.15) is 0 Å². The number of aliphatic carboxylic acids is 1. The first-order valence-electron chi connectivity index (χ1n) is 8.12. The highest BCUT2D eigenvalue weighted by atomic mass is 16.4. The Kier molecular flexibility index (Phi) is 5.07. The van der Waals surface area contributed by atoms with E-state index in [0.717, 1.165) is 16.7 Å². The molecule has 3 aromatic carbocycles. The summed E-state index contributed by atoms with van der Waals surface area (Å²) in [5.74, 6) is -1.48. The van der Waals surface area contributed by atoms with Crippen molar-refractivity contribution in [3.05, 3.63) is 108 Å². The molecule has 2 unspecified atom stereocenters. The molecule has 0 heterocycles. The van der Waals surface area contributed by atoms with Crippen molar-refractivity contribution in [2.45, 2.75) is 18.3 Å². The molecule has 0 spiro atoms. The van der Waals surface area contributed by atoms with E-state index in [-0.39, 0.29) is 5.92 Å². The second-order valence-electron chi connectivity index (χ2n) is 5.93. The Bertz CT molecular complexity index is 767. The predicted octanol–water partition coefficient (Wildman–Crippen LogP) is 4.88. The molecule has 2 heteroatoms. The third kappa shape index (κ3) is 3.72. The van der Waals surface area contributed by atoms with E-state index in [0.29, 0.717) is 6.42 Å². The first-order chi connectivity index (χ1) is 11.8. The van der Waals surface area contributed by atoms with E-state index in [1.54, 1.807) is 0 Å². The van der Waals surface area contributed by atoms with Crippen LogP contribution in [0.25, 0.3) is 0 Å².